The second-order valence-electron chi connectivity index (χ2n) is 3.02. The number of hydrogen-bond donors (Lipinski definition) is 1. The van der Waals surface area contributed by atoms with Crippen molar-refractivity contribution in [3.05, 3.63) is 0 Å². The molecule has 72 valence electrons. The summed E-state index contributed by atoms with van der Waals surface area (Å²) in [4.78, 5) is 13.2. The molecule has 1 aliphatic rings. The van der Waals surface area contributed by atoms with Crippen molar-refractivity contribution in [2.75, 3.05) is 13.1 Å². The van der Waals surface area contributed by atoms with E-state index in [1.807, 2.05) is 11.8 Å². The lowest BCUT2D eigenvalue weighted by atomic mass is 10.1. The van der Waals surface area contributed by atoms with Crippen molar-refractivity contribution in [3.63, 3.8) is 0 Å². The van der Waals surface area contributed by atoms with Crippen LogP contribution in [0, 0.1) is 0 Å². The first-order valence-electron chi connectivity index (χ1n) is 4.30. The van der Waals surface area contributed by atoms with Crippen LogP contribution < -0.4 is 5.73 Å². The molecule has 2 N–H and O–H groups in total. The Morgan fingerprint density at radius 3 is 2.83 bits per heavy atom. The molecule has 0 aliphatic carbocycles. The predicted octanol–water partition coefficient (Wildman–Crippen LogP) is 0.768. The number of carbonyl (C=O) groups excluding carboxylic acids is 1. The lowest BCUT2D eigenvalue weighted by Crippen LogP contribution is -2.42. The number of carbonyl (C=O) groups is 1. The molecule has 4 heteroatoms. The molecule has 1 fully saturated rings. The molecule has 1 rings (SSSR count). The van der Waals surface area contributed by atoms with E-state index in [-0.39, 0.29) is 24.4 Å². The van der Waals surface area contributed by atoms with Gasteiger partial charge in [0.15, 0.2) is 0 Å². The Morgan fingerprint density at radius 1 is 1.58 bits per heavy atom. The van der Waals surface area contributed by atoms with Gasteiger partial charge in [0.25, 0.3) is 0 Å². The zero-order chi connectivity index (χ0) is 8.27. The van der Waals surface area contributed by atoms with Gasteiger partial charge in [0.1, 0.15) is 0 Å². The number of hydrogen-bond acceptors (Lipinski definition) is 2. The van der Waals surface area contributed by atoms with Gasteiger partial charge in [-0.1, -0.05) is 0 Å². The van der Waals surface area contributed by atoms with Crippen LogP contribution in [-0.4, -0.2) is 29.9 Å². The zero-order valence-corrected chi connectivity index (χ0v) is 8.27. The quantitative estimate of drug-likeness (QED) is 0.667. The largest absolute Gasteiger partial charge is 0.342 e. The average Bonchev–Trinajstić information content (AvgIpc) is 2.16. The highest BCUT2D eigenvalue weighted by Gasteiger charge is 2.21. The molecule has 1 atom stereocenters. The van der Waals surface area contributed by atoms with Gasteiger partial charge in [0.2, 0.25) is 5.91 Å². The highest BCUT2D eigenvalue weighted by atomic mass is 35.5. The van der Waals surface area contributed by atoms with Gasteiger partial charge in [0.05, 0.1) is 6.04 Å². The Hall–Kier alpha value is -0.280. The standard InChI is InChI=1S/C8H16N2O.ClH/c1-2-10-6-4-3-5-7(9)8(10)11;/h7H,2-6,9H2,1H3;1H/t7-;/m1./s1. The van der Waals surface area contributed by atoms with E-state index in [0.29, 0.717) is 0 Å². The molecular formula is C8H17ClN2O. The summed E-state index contributed by atoms with van der Waals surface area (Å²) in [6.07, 6.45) is 3.05. The molecular weight excluding hydrogens is 176 g/mol. The van der Waals surface area contributed by atoms with Crippen LogP contribution >= 0.6 is 12.4 Å². The maximum atomic E-state index is 11.4. The fourth-order valence-electron chi connectivity index (χ4n) is 1.45. The number of halogens is 1. The van der Waals surface area contributed by atoms with Crippen LogP contribution in [-0.2, 0) is 4.79 Å². The normalized spacial score (nSPS) is 24.7. The summed E-state index contributed by atoms with van der Waals surface area (Å²) in [5.41, 5.74) is 5.65. The number of nitrogens with two attached hydrogens (primary N) is 1. The Balaban J connectivity index is 0.00000121. The molecule has 3 nitrogen and oxygen atoms in total. The molecule has 0 aromatic heterocycles. The van der Waals surface area contributed by atoms with Crippen LogP contribution in [0.2, 0.25) is 0 Å². The van der Waals surface area contributed by atoms with Crippen LogP contribution in [0.3, 0.4) is 0 Å². The van der Waals surface area contributed by atoms with Gasteiger partial charge in [-0.2, -0.15) is 0 Å². The Morgan fingerprint density at radius 2 is 2.25 bits per heavy atom. The summed E-state index contributed by atoms with van der Waals surface area (Å²) in [5, 5.41) is 0. The monoisotopic (exact) mass is 192 g/mol. The molecule has 0 aromatic carbocycles. The van der Waals surface area contributed by atoms with Crippen LogP contribution in [0.4, 0.5) is 0 Å². The van der Waals surface area contributed by atoms with Gasteiger partial charge in [-0.25, -0.2) is 0 Å². The van der Waals surface area contributed by atoms with Crippen LogP contribution in [0.1, 0.15) is 26.2 Å². The molecule has 1 amide bonds. The molecule has 12 heavy (non-hydrogen) atoms. The maximum absolute atomic E-state index is 11.4. The van der Waals surface area contributed by atoms with E-state index in [4.69, 9.17) is 5.73 Å². The highest BCUT2D eigenvalue weighted by molar-refractivity contribution is 5.85. The predicted molar refractivity (Wildman–Crippen MR) is 51.3 cm³/mol. The van der Waals surface area contributed by atoms with E-state index in [1.165, 1.54) is 0 Å². The topological polar surface area (TPSA) is 46.3 Å². The lowest BCUT2D eigenvalue weighted by molar-refractivity contribution is -0.131. The molecule has 0 bridgehead atoms. The molecule has 0 saturated carbocycles. The number of nitrogens with zero attached hydrogens (tertiary/aromatic N) is 1. The van der Waals surface area contributed by atoms with Gasteiger partial charge in [-0.3, -0.25) is 4.79 Å². The minimum atomic E-state index is -0.238. The first kappa shape index (κ1) is 11.7. The fourth-order valence-corrected chi connectivity index (χ4v) is 1.45. The summed E-state index contributed by atoms with van der Waals surface area (Å²) in [6, 6.07) is -0.238. The van der Waals surface area contributed by atoms with E-state index in [0.717, 1.165) is 32.4 Å². The van der Waals surface area contributed by atoms with Gasteiger partial charge >= 0.3 is 0 Å². The van der Waals surface area contributed by atoms with Gasteiger partial charge in [-0.15, -0.1) is 12.4 Å². The molecule has 1 heterocycles. The van der Waals surface area contributed by atoms with Gasteiger partial charge < -0.3 is 10.6 Å². The summed E-state index contributed by atoms with van der Waals surface area (Å²) >= 11 is 0. The van der Waals surface area contributed by atoms with E-state index in [1.54, 1.807) is 0 Å². The van der Waals surface area contributed by atoms with Gasteiger partial charge in [0, 0.05) is 13.1 Å². The summed E-state index contributed by atoms with van der Waals surface area (Å²) < 4.78 is 0. The van der Waals surface area contributed by atoms with Crippen molar-refractivity contribution in [3.8, 4) is 0 Å². The van der Waals surface area contributed by atoms with Crippen LogP contribution in [0.25, 0.3) is 0 Å². The Labute approximate surface area is 79.7 Å². The molecule has 0 aromatic rings. The first-order valence-corrected chi connectivity index (χ1v) is 4.30. The number of likely N-dealkylation sites (N-methyl/N-ethyl adjacent to an activating group) is 1. The Kier molecular flexibility index (Phi) is 5.25. The smallest absolute Gasteiger partial charge is 0.239 e. The average molecular weight is 193 g/mol. The number of likely N-dealkylation sites (tertiary alicyclic amines) is 1. The van der Waals surface area contributed by atoms with Crippen molar-refractivity contribution in [2.45, 2.75) is 32.2 Å². The van der Waals surface area contributed by atoms with Crippen LogP contribution in [0.5, 0.6) is 0 Å². The summed E-state index contributed by atoms with van der Waals surface area (Å²) in [5.74, 6) is 0.130. The van der Waals surface area contributed by atoms with E-state index in [9.17, 15) is 4.79 Å². The maximum Gasteiger partial charge on any atom is 0.239 e. The number of rotatable bonds is 1. The van der Waals surface area contributed by atoms with E-state index in [2.05, 4.69) is 0 Å². The second kappa shape index (κ2) is 5.38. The Bertz CT molecular complexity index is 152. The summed E-state index contributed by atoms with van der Waals surface area (Å²) in [6.45, 7) is 3.69. The molecule has 1 aliphatic heterocycles. The van der Waals surface area contributed by atoms with Crippen molar-refractivity contribution in [1.29, 1.82) is 0 Å². The molecule has 0 radical (unpaired) electrons. The third kappa shape index (κ3) is 2.64. The van der Waals surface area contributed by atoms with Crippen LogP contribution in [0.15, 0.2) is 0 Å². The number of amides is 1. The third-order valence-electron chi connectivity index (χ3n) is 2.20. The van der Waals surface area contributed by atoms with Crippen molar-refractivity contribution in [1.82, 2.24) is 4.90 Å². The van der Waals surface area contributed by atoms with E-state index >= 15 is 0 Å². The SMILES string of the molecule is CCN1CCCC[C@@H](N)C1=O.Cl. The molecule has 0 spiro atoms. The lowest BCUT2D eigenvalue weighted by Gasteiger charge is -2.20. The van der Waals surface area contributed by atoms with Crippen molar-refractivity contribution < 1.29 is 4.79 Å². The fraction of sp³-hybridized carbons (Fsp3) is 0.875. The minimum Gasteiger partial charge on any atom is -0.342 e. The van der Waals surface area contributed by atoms with E-state index < -0.39 is 0 Å². The highest BCUT2D eigenvalue weighted by Crippen LogP contribution is 2.09. The first-order chi connectivity index (χ1) is 5.25. The van der Waals surface area contributed by atoms with Crippen molar-refractivity contribution >= 4 is 18.3 Å². The second-order valence-corrected chi connectivity index (χ2v) is 3.02. The zero-order valence-electron chi connectivity index (χ0n) is 7.45. The molecule has 1 saturated heterocycles. The van der Waals surface area contributed by atoms with Crippen molar-refractivity contribution in [2.24, 2.45) is 5.73 Å². The molecule has 0 unspecified atom stereocenters. The van der Waals surface area contributed by atoms with Gasteiger partial charge in [-0.05, 0) is 26.2 Å². The summed E-state index contributed by atoms with van der Waals surface area (Å²) in [7, 11) is 0. The third-order valence-corrected chi connectivity index (χ3v) is 2.20. The minimum absolute atomic E-state index is 0.